The second-order valence-corrected chi connectivity index (χ2v) is 3.35. The van der Waals surface area contributed by atoms with E-state index >= 15 is 0 Å². The van der Waals surface area contributed by atoms with Gasteiger partial charge >= 0.3 is 0 Å². The Morgan fingerprint density at radius 3 is 3.07 bits per heavy atom. The Balaban J connectivity index is 2.25. The number of hydrogen-bond acceptors (Lipinski definition) is 2. The van der Waals surface area contributed by atoms with E-state index in [4.69, 9.17) is 0 Å². The summed E-state index contributed by atoms with van der Waals surface area (Å²) in [4.78, 5) is 14.8. The minimum atomic E-state index is 0.689. The molecule has 15 heavy (non-hydrogen) atoms. The molecule has 4 heteroatoms. The van der Waals surface area contributed by atoms with E-state index in [1.807, 2.05) is 23.0 Å². The van der Waals surface area contributed by atoms with Gasteiger partial charge in [0.1, 0.15) is 0 Å². The van der Waals surface area contributed by atoms with Crippen LogP contribution in [0.15, 0.2) is 30.9 Å². The lowest BCUT2D eigenvalue weighted by atomic mass is 10.4. The van der Waals surface area contributed by atoms with Gasteiger partial charge in [0.15, 0.2) is 6.29 Å². The lowest BCUT2D eigenvalue weighted by molar-refractivity contribution is 0.111. The van der Waals surface area contributed by atoms with Crippen molar-refractivity contribution >= 4 is 6.29 Å². The van der Waals surface area contributed by atoms with E-state index in [1.54, 1.807) is 12.4 Å². The number of rotatable bonds is 4. The van der Waals surface area contributed by atoms with Crippen LogP contribution >= 0.6 is 0 Å². The first-order chi connectivity index (χ1) is 7.35. The fourth-order valence-corrected chi connectivity index (χ4v) is 1.62. The quantitative estimate of drug-likeness (QED) is 0.707. The van der Waals surface area contributed by atoms with Gasteiger partial charge in [-0.1, -0.05) is 0 Å². The van der Waals surface area contributed by atoms with E-state index < -0.39 is 0 Å². The number of aromatic nitrogens is 3. The van der Waals surface area contributed by atoms with Crippen molar-refractivity contribution in [3.63, 3.8) is 0 Å². The summed E-state index contributed by atoms with van der Waals surface area (Å²) in [6.45, 7) is 3.66. The highest BCUT2D eigenvalue weighted by molar-refractivity contribution is 5.72. The molecular weight excluding hydrogens is 190 g/mol. The molecule has 0 aromatic carbocycles. The molecule has 0 fully saturated rings. The van der Waals surface area contributed by atoms with Gasteiger partial charge in [0.05, 0.1) is 24.3 Å². The number of aldehydes is 1. The molecule has 0 saturated carbocycles. The average Bonchev–Trinajstić information content (AvgIpc) is 2.87. The third-order valence-corrected chi connectivity index (χ3v) is 2.46. The summed E-state index contributed by atoms with van der Waals surface area (Å²) in [6, 6.07) is 3.68. The minimum Gasteiger partial charge on any atom is -0.339 e. The fraction of sp³-hybridized carbons (Fsp3) is 0.273. The second-order valence-electron chi connectivity index (χ2n) is 3.35. The molecule has 0 spiro atoms. The summed E-state index contributed by atoms with van der Waals surface area (Å²) in [5.74, 6) is 0. The summed E-state index contributed by atoms with van der Waals surface area (Å²) >= 11 is 0. The second kappa shape index (κ2) is 4.13. The first-order valence-electron chi connectivity index (χ1n) is 4.94. The normalized spacial score (nSPS) is 10.5. The number of hydrogen-bond donors (Lipinski definition) is 0. The molecule has 78 valence electrons. The summed E-state index contributed by atoms with van der Waals surface area (Å²) in [5, 5.41) is 0. The van der Waals surface area contributed by atoms with Crippen LogP contribution in [0.5, 0.6) is 0 Å². The van der Waals surface area contributed by atoms with Crippen molar-refractivity contribution in [3.05, 3.63) is 42.2 Å². The maximum Gasteiger partial charge on any atom is 0.166 e. The fourth-order valence-electron chi connectivity index (χ4n) is 1.62. The molecule has 0 saturated heterocycles. The van der Waals surface area contributed by atoms with Crippen molar-refractivity contribution in [2.45, 2.75) is 20.0 Å². The Hall–Kier alpha value is -1.84. The van der Waals surface area contributed by atoms with Crippen LogP contribution in [0.2, 0.25) is 0 Å². The van der Waals surface area contributed by atoms with Crippen molar-refractivity contribution in [1.29, 1.82) is 0 Å². The molecule has 0 aliphatic heterocycles. The Bertz CT molecular complexity index is 456. The number of nitrogens with zero attached hydrogens (tertiary/aromatic N) is 3. The van der Waals surface area contributed by atoms with E-state index in [1.165, 1.54) is 0 Å². The Labute approximate surface area is 88.2 Å². The van der Waals surface area contributed by atoms with Crippen molar-refractivity contribution in [2.24, 2.45) is 0 Å². The van der Waals surface area contributed by atoms with Crippen LogP contribution < -0.4 is 0 Å². The van der Waals surface area contributed by atoms with E-state index in [0.717, 1.165) is 18.5 Å². The van der Waals surface area contributed by atoms with Gasteiger partial charge in [0.2, 0.25) is 0 Å². The number of carbonyl (C=O) groups is 1. The summed E-state index contributed by atoms with van der Waals surface area (Å²) in [5.41, 5.74) is 1.80. The van der Waals surface area contributed by atoms with Gasteiger partial charge < -0.3 is 9.13 Å². The molecule has 0 aliphatic carbocycles. The van der Waals surface area contributed by atoms with Gasteiger partial charge in [-0.15, -0.1) is 0 Å². The van der Waals surface area contributed by atoms with Crippen LogP contribution in [0.1, 0.15) is 23.1 Å². The van der Waals surface area contributed by atoms with E-state index in [2.05, 4.69) is 16.5 Å². The predicted molar refractivity (Wildman–Crippen MR) is 56.8 cm³/mol. The van der Waals surface area contributed by atoms with Crippen molar-refractivity contribution in [1.82, 2.24) is 14.1 Å². The monoisotopic (exact) mass is 203 g/mol. The van der Waals surface area contributed by atoms with Gasteiger partial charge in [-0.05, 0) is 19.1 Å². The zero-order valence-corrected chi connectivity index (χ0v) is 8.63. The zero-order chi connectivity index (χ0) is 10.7. The third-order valence-electron chi connectivity index (χ3n) is 2.46. The highest BCUT2D eigenvalue weighted by atomic mass is 16.1. The number of carbonyl (C=O) groups excluding carboxylic acids is 1. The highest BCUT2D eigenvalue weighted by Crippen LogP contribution is 2.06. The third kappa shape index (κ3) is 1.83. The lowest BCUT2D eigenvalue weighted by Crippen LogP contribution is -2.07. The van der Waals surface area contributed by atoms with Crippen LogP contribution in [0.25, 0.3) is 0 Å². The zero-order valence-electron chi connectivity index (χ0n) is 8.63. The van der Waals surface area contributed by atoms with Gasteiger partial charge in [-0.25, -0.2) is 4.98 Å². The van der Waals surface area contributed by atoms with Gasteiger partial charge in [0, 0.05) is 18.9 Å². The standard InChI is InChI=1S/C11H13N3O/c1-2-13-9-12-6-11(13)7-14-5-3-4-10(14)8-15/h3-6,8-9H,2,7H2,1H3. The van der Waals surface area contributed by atoms with Crippen molar-refractivity contribution in [3.8, 4) is 0 Å². The van der Waals surface area contributed by atoms with Gasteiger partial charge in [-0.3, -0.25) is 4.79 Å². The molecule has 0 radical (unpaired) electrons. The molecule has 0 unspecified atom stereocenters. The van der Waals surface area contributed by atoms with E-state index in [9.17, 15) is 4.79 Å². The lowest BCUT2D eigenvalue weighted by Gasteiger charge is -2.07. The molecule has 0 bridgehead atoms. The van der Waals surface area contributed by atoms with Crippen molar-refractivity contribution in [2.75, 3.05) is 0 Å². The molecule has 2 rings (SSSR count). The molecule has 0 aliphatic rings. The van der Waals surface area contributed by atoms with Gasteiger partial charge in [-0.2, -0.15) is 0 Å². The number of imidazole rings is 1. The Morgan fingerprint density at radius 2 is 2.33 bits per heavy atom. The topological polar surface area (TPSA) is 39.8 Å². The smallest absolute Gasteiger partial charge is 0.166 e. The number of aryl methyl sites for hydroxylation is 1. The molecule has 0 amide bonds. The predicted octanol–water partition coefficient (Wildman–Crippen LogP) is 1.57. The molecule has 0 atom stereocenters. The molecule has 4 nitrogen and oxygen atoms in total. The van der Waals surface area contributed by atoms with E-state index in [-0.39, 0.29) is 0 Å². The molecule has 2 heterocycles. The Kier molecular flexibility index (Phi) is 2.67. The summed E-state index contributed by atoms with van der Waals surface area (Å²) < 4.78 is 3.98. The van der Waals surface area contributed by atoms with E-state index in [0.29, 0.717) is 12.2 Å². The first kappa shape index (κ1) is 9.71. The maximum absolute atomic E-state index is 10.7. The maximum atomic E-state index is 10.7. The highest BCUT2D eigenvalue weighted by Gasteiger charge is 2.04. The van der Waals surface area contributed by atoms with Crippen LogP contribution in [0.4, 0.5) is 0 Å². The van der Waals surface area contributed by atoms with Gasteiger partial charge in [0.25, 0.3) is 0 Å². The summed E-state index contributed by atoms with van der Waals surface area (Å²) in [6.07, 6.45) is 6.40. The van der Waals surface area contributed by atoms with Crippen LogP contribution in [0, 0.1) is 0 Å². The molecular formula is C11H13N3O. The molecule has 0 N–H and O–H groups in total. The Morgan fingerprint density at radius 1 is 1.47 bits per heavy atom. The largest absolute Gasteiger partial charge is 0.339 e. The molecule has 2 aromatic heterocycles. The minimum absolute atomic E-state index is 0.689. The van der Waals surface area contributed by atoms with Crippen LogP contribution in [-0.2, 0) is 13.1 Å². The first-order valence-corrected chi connectivity index (χ1v) is 4.94. The SMILES string of the molecule is CCn1cncc1Cn1cccc1C=O. The molecule has 2 aromatic rings. The van der Waals surface area contributed by atoms with Crippen molar-refractivity contribution < 1.29 is 4.79 Å². The van der Waals surface area contributed by atoms with Crippen LogP contribution in [0.3, 0.4) is 0 Å². The summed E-state index contributed by atoms with van der Waals surface area (Å²) in [7, 11) is 0. The van der Waals surface area contributed by atoms with Crippen LogP contribution in [-0.4, -0.2) is 20.4 Å². The average molecular weight is 203 g/mol.